The van der Waals surface area contributed by atoms with Crippen molar-refractivity contribution in [3.05, 3.63) is 69.3 Å². The number of rotatable bonds is 4. The van der Waals surface area contributed by atoms with Crippen molar-refractivity contribution in [3.63, 3.8) is 0 Å². The summed E-state index contributed by atoms with van der Waals surface area (Å²) in [5.41, 5.74) is 3.86. The minimum atomic E-state index is -0.347. The zero-order valence-electron chi connectivity index (χ0n) is 18.3. The van der Waals surface area contributed by atoms with Crippen molar-refractivity contribution in [2.45, 2.75) is 32.2 Å². The van der Waals surface area contributed by atoms with E-state index in [2.05, 4.69) is 26.7 Å². The molecular weight excluding hydrogens is 477 g/mol. The van der Waals surface area contributed by atoms with Crippen LogP contribution in [0.15, 0.2) is 42.6 Å². The van der Waals surface area contributed by atoms with Gasteiger partial charge in [-0.3, -0.25) is 14.5 Å². The predicted octanol–water partition coefficient (Wildman–Crippen LogP) is 4.52. The molecule has 8 nitrogen and oxygen atoms in total. The average Bonchev–Trinajstić information content (AvgIpc) is 2.80. The lowest BCUT2D eigenvalue weighted by atomic mass is 9.88. The molecule has 3 aromatic rings. The quantitative estimate of drug-likeness (QED) is 0.550. The first-order chi connectivity index (χ1) is 16.4. The Bertz CT molecular complexity index is 1280. The Balaban J connectivity index is 1.35. The molecule has 2 aliphatic rings. The smallest absolute Gasteiger partial charge is 0.268 e. The number of aromatic nitrogens is 2. The number of carbonyl (C=O) groups excluding carboxylic acids is 2. The van der Waals surface area contributed by atoms with Crippen molar-refractivity contribution in [3.8, 4) is 5.88 Å². The van der Waals surface area contributed by atoms with Crippen LogP contribution in [0, 0.1) is 0 Å². The summed E-state index contributed by atoms with van der Waals surface area (Å²) in [6.45, 7) is 1.46. The molecule has 174 valence electrons. The Morgan fingerprint density at radius 3 is 2.74 bits per heavy atom. The van der Waals surface area contributed by atoms with Gasteiger partial charge in [-0.25, -0.2) is 4.98 Å². The molecule has 2 heterocycles. The number of hydrogen-bond donors (Lipinski definition) is 2. The van der Waals surface area contributed by atoms with E-state index >= 15 is 0 Å². The third-order valence-corrected chi connectivity index (χ3v) is 6.48. The number of nitrogens with one attached hydrogen (secondary N) is 2. The van der Waals surface area contributed by atoms with E-state index in [9.17, 15) is 9.59 Å². The van der Waals surface area contributed by atoms with E-state index in [-0.39, 0.29) is 36.0 Å². The Kier molecular flexibility index (Phi) is 6.02. The third kappa shape index (κ3) is 4.38. The molecule has 2 N–H and O–H groups in total. The Morgan fingerprint density at radius 1 is 1.18 bits per heavy atom. The maximum Gasteiger partial charge on any atom is 0.268 e. The third-order valence-electron chi connectivity index (χ3n) is 5.87. The maximum absolute atomic E-state index is 13.1. The second kappa shape index (κ2) is 9.12. The molecule has 0 spiro atoms. The van der Waals surface area contributed by atoms with Crippen LogP contribution in [0.4, 0.5) is 17.3 Å². The van der Waals surface area contributed by atoms with Gasteiger partial charge in [0.25, 0.3) is 5.91 Å². The van der Waals surface area contributed by atoms with Gasteiger partial charge in [-0.15, -0.1) is 0 Å². The van der Waals surface area contributed by atoms with E-state index in [0.29, 0.717) is 21.7 Å². The van der Waals surface area contributed by atoms with Gasteiger partial charge >= 0.3 is 0 Å². The fourth-order valence-corrected chi connectivity index (χ4v) is 4.90. The molecule has 2 aromatic carbocycles. The van der Waals surface area contributed by atoms with Crippen LogP contribution in [0.25, 0.3) is 0 Å². The molecule has 0 radical (unpaired) electrons. The van der Waals surface area contributed by atoms with E-state index < -0.39 is 0 Å². The van der Waals surface area contributed by atoms with E-state index in [1.807, 2.05) is 12.1 Å². The van der Waals surface area contributed by atoms with Gasteiger partial charge in [0, 0.05) is 24.8 Å². The van der Waals surface area contributed by atoms with Gasteiger partial charge in [0.2, 0.25) is 17.7 Å². The van der Waals surface area contributed by atoms with Crippen molar-refractivity contribution >= 4 is 52.3 Å². The summed E-state index contributed by atoms with van der Waals surface area (Å²) >= 11 is 12.5. The van der Waals surface area contributed by atoms with Gasteiger partial charge in [0.15, 0.2) is 6.73 Å². The summed E-state index contributed by atoms with van der Waals surface area (Å²) in [6.07, 6.45) is 4.04. The molecule has 1 unspecified atom stereocenters. The SMILES string of the molecule is CC(=O)NC1CCc2ccc(Nc3ncc4c(n3)OCN(c3c(Cl)cccc3Cl)C4=O)cc2C1. The minimum absolute atomic E-state index is 0.0184. The lowest BCUT2D eigenvalue weighted by molar-refractivity contribution is -0.119. The number of hydrogen-bond acceptors (Lipinski definition) is 6. The lowest BCUT2D eigenvalue weighted by Gasteiger charge is -2.29. The number of para-hydroxylation sites is 1. The van der Waals surface area contributed by atoms with Crippen LogP contribution < -0.4 is 20.3 Å². The first-order valence-corrected chi connectivity index (χ1v) is 11.6. The largest absolute Gasteiger partial charge is 0.455 e. The van der Waals surface area contributed by atoms with Crippen molar-refractivity contribution in [2.24, 2.45) is 0 Å². The molecule has 1 aromatic heterocycles. The fraction of sp³-hybridized carbons (Fsp3) is 0.250. The molecule has 1 aliphatic heterocycles. The van der Waals surface area contributed by atoms with Crippen molar-refractivity contribution in [1.82, 2.24) is 15.3 Å². The Labute approximate surface area is 206 Å². The number of amides is 2. The summed E-state index contributed by atoms with van der Waals surface area (Å²) in [4.78, 5) is 34.5. The highest BCUT2D eigenvalue weighted by Crippen LogP contribution is 2.37. The van der Waals surface area contributed by atoms with Crippen molar-refractivity contribution < 1.29 is 14.3 Å². The molecule has 2 amide bonds. The zero-order valence-corrected chi connectivity index (χ0v) is 19.8. The maximum atomic E-state index is 13.1. The fourth-order valence-electron chi connectivity index (χ4n) is 4.30. The first-order valence-electron chi connectivity index (χ1n) is 10.8. The van der Waals surface area contributed by atoms with Crippen LogP contribution in [-0.2, 0) is 17.6 Å². The Hall–Kier alpha value is -3.36. The minimum Gasteiger partial charge on any atom is -0.455 e. The molecule has 5 rings (SSSR count). The number of nitrogens with zero attached hydrogens (tertiary/aromatic N) is 3. The van der Waals surface area contributed by atoms with Gasteiger partial charge in [-0.2, -0.15) is 4.98 Å². The number of fused-ring (bicyclic) bond motifs is 2. The number of ether oxygens (including phenoxy) is 1. The second-order valence-electron chi connectivity index (χ2n) is 8.24. The van der Waals surface area contributed by atoms with Crippen LogP contribution in [0.1, 0.15) is 34.8 Å². The molecular formula is C24H21Cl2N5O3. The van der Waals surface area contributed by atoms with Crippen LogP contribution in [-0.4, -0.2) is 34.6 Å². The van der Waals surface area contributed by atoms with Gasteiger partial charge in [-0.1, -0.05) is 35.3 Å². The molecule has 1 aliphatic carbocycles. The highest BCUT2D eigenvalue weighted by Gasteiger charge is 2.31. The van der Waals surface area contributed by atoms with Gasteiger partial charge in [0.05, 0.1) is 15.7 Å². The summed E-state index contributed by atoms with van der Waals surface area (Å²) in [7, 11) is 0. The standard InChI is InChI=1S/C24H21Cl2N5O3/c1-13(32)28-16-7-5-14-6-8-17(10-15(14)9-16)29-24-27-11-18-22(30-24)34-12-31(23(18)33)21-19(25)3-2-4-20(21)26/h2-4,6,8,10-11,16H,5,7,9,12H2,1H3,(H,28,32)(H,27,29,30). The number of aryl methyl sites for hydroxylation is 1. The molecule has 10 heteroatoms. The number of halogens is 2. The van der Waals surface area contributed by atoms with Gasteiger partial charge in [-0.05, 0) is 54.7 Å². The number of benzene rings is 2. The molecule has 34 heavy (non-hydrogen) atoms. The number of carbonyl (C=O) groups is 2. The molecule has 1 atom stereocenters. The van der Waals surface area contributed by atoms with Gasteiger partial charge in [0.1, 0.15) is 5.56 Å². The monoisotopic (exact) mass is 497 g/mol. The summed E-state index contributed by atoms with van der Waals surface area (Å²) in [6, 6.07) is 11.2. The highest BCUT2D eigenvalue weighted by atomic mass is 35.5. The molecule has 0 saturated carbocycles. The average molecular weight is 498 g/mol. The molecule has 0 bridgehead atoms. The van der Waals surface area contributed by atoms with Crippen LogP contribution >= 0.6 is 23.2 Å². The van der Waals surface area contributed by atoms with Crippen molar-refractivity contribution in [2.75, 3.05) is 16.9 Å². The van der Waals surface area contributed by atoms with E-state index in [1.165, 1.54) is 29.1 Å². The van der Waals surface area contributed by atoms with Crippen LogP contribution in [0.2, 0.25) is 10.0 Å². The first kappa shape index (κ1) is 22.4. The number of anilines is 3. The van der Waals surface area contributed by atoms with E-state index in [4.69, 9.17) is 27.9 Å². The van der Waals surface area contributed by atoms with E-state index in [1.54, 1.807) is 18.2 Å². The molecule has 0 fully saturated rings. The Morgan fingerprint density at radius 2 is 1.97 bits per heavy atom. The van der Waals surface area contributed by atoms with Crippen molar-refractivity contribution in [1.29, 1.82) is 0 Å². The highest BCUT2D eigenvalue weighted by molar-refractivity contribution is 6.40. The lowest BCUT2D eigenvalue weighted by Crippen LogP contribution is -2.39. The second-order valence-corrected chi connectivity index (χ2v) is 9.05. The topological polar surface area (TPSA) is 96.4 Å². The van der Waals surface area contributed by atoms with Gasteiger partial charge < -0.3 is 15.4 Å². The van der Waals surface area contributed by atoms with Crippen LogP contribution in [0.5, 0.6) is 5.88 Å². The molecule has 0 saturated heterocycles. The van der Waals surface area contributed by atoms with E-state index in [0.717, 1.165) is 24.9 Å². The summed E-state index contributed by atoms with van der Waals surface area (Å²) in [5.74, 6) is 0.131. The zero-order chi connectivity index (χ0) is 23.8. The predicted molar refractivity (Wildman–Crippen MR) is 130 cm³/mol. The summed E-state index contributed by atoms with van der Waals surface area (Å²) in [5, 5.41) is 6.87. The van der Waals surface area contributed by atoms with Crippen LogP contribution in [0.3, 0.4) is 0 Å². The summed E-state index contributed by atoms with van der Waals surface area (Å²) < 4.78 is 5.75. The normalized spacial score (nSPS) is 16.9.